The van der Waals surface area contributed by atoms with Crippen LogP contribution in [0.1, 0.15) is 28.4 Å². The highest BCUT2D eigenvalue weighted by Crippen LogP contribution is 2.32. The Morgan fingerprint density at radius 1 is 1.23 bits per heavy atom. The Labute approximate surface area is 182 Å². The van der Waals surface area contributed by atoms with Crippen LogP contribution in [0, 0.1) is 6.92 Å². The third kappa shape index (κ3) is 5.05. The molecule has 30 heavy (non-hydrogen) atoms. The van der Waals surface area contributed by atoms with Crippen molar-refractivity contribution in [2.75, 3.05) is 0 Å². The molecule has 2 aromatic carbocycles. The van der Waals surface area contributed by atoms with E-state index in [-0.39, 0.29) is 4.32 Å². The molecule has 1 atom stereocenters. The number of amides is 2. The lowest BCUT2D eigenvalue weighted by Crippen LogP contribution is -2.44. The maximum Gasteiger partial charge on any atom is 0.344 e. The second kappa shape index (κ2) is 9.10. The fourth-order valence-corrected chi connectivity index (χ4v) is 3.70. The summed E-state index contributed by atoms with van der Waals surface area (Å²) in [4.78, 5) is 36.4. The molecule has 0 aliphatic carbocycles. The quantitative estimate of drug-likeness (QED) is 0.523. The van der Waals surface area contributed by atoms with Crippen molar-refractivity contribution in [3.8, 4) is 5.75 Å². The minimum Gasteiger partial charge on any atom is -0.479 e. The van der Waals surface area contributed by atoms with Crippen LogP contribution in [0.2, 0.25) is 0 Å². The van der Waals surface area contributed by atoms with E-state index in [1.807, 2.05) is 6.92 Å². The molecule has 0 radical (unpaired) electrons. The van der Waals surface area contributed by atoms with Crippen molar-refractivity contribution < 1.29 is 24.2 Å². The molecule has 3 rings (SSSR count). The predicted octanol–water partition coefficient (Wildman–Crippen LogP) is 3.39. The summed E-state index contributed by atoms with van der Waals surface area (Å²) in [6.07, 6.45) is 0.603. The Balaban J connectivity index is 1.74. The maximum absolute atomic E-state index is 12.7. The molecule has 7 nitrogen and oxygen atoms in total. The molecule has 9 heteroatoms. The number of carboxylic acids is 1. The van der Waals surface area contributed by atoms with Gasteiger partial charge in [0.1, 0.15) is 5.75 Å². The third-order valence-corrected chi connectivity index (χ3v) is 5.44. The smallest absolute Gasteiger partial charge is 0.344 e. The topological polar surface area (TPSA) is 95.9 Å². The summed E-state index contributed by atoms with van der Waals surface area (Å²) < 4.78 is 5.55. The number of thioether (sulfide) groups is 1. The summed E-state index contributed by atoms with van der Waals surface area (Å²) in [6, 6.07) is 13.6. The maximum atomic E-state index is 12.7. The van der Waals surface area contributed by atoms with Gasteiger partial charge >= 0.3 is 5.97 Å². The zero-order chi connectivity index (χ0) is 21.8. The second-order valence-corrected chi connectivity index (χ2v) is 8.17. The number of aliphatic carboxylic acids is 1. The van der Waals surface area contributed by atoms with Gasteiger partial charge in [0.05, 0.1) is 4.91 Å². The molecule has 1 saturated heterocycles. The largest absolute Gasteiger partial charge is 0.479 e. The van der Waals surface area contributed by atoms with Crippen molar-refractivity contribution in [2.45, 2.75) is 20.0 Å². The number of carboxylic acid groups (broad SMARTS) is 1. The molecule has 0 bridgehead atoms. The monoisotopic (exact) mass is 442 g/mol. The van der Waals surface area contributed by atoms with Crippen LogP contribution in [0.25, 0.3) is 6.08 Å². The van der Waals surface area contributed by atoms with Crippen LogP contribution in [-0.4, -0.2) is 38.3 Å². The van der Waals surface area contributed by atoms with Gasteiger partial charge < -0.3 is 9.84 Å². The minimum atomic E-state index is -1.08. The van der Waals surface area contributed by atoms with E-state index < -0.39 is 23.9 Å². The predicted molar refractivity (Wildman–Crippen MR) is 118 cm³/mol. The molecule has 0 spiro atoms. The molecule has 1 unspecified atom stereocenters. The number of carbonyl (C=O) groups excluding carboxylic acids is 2. The van der Waals surface area contributed by atoms with Gasteiger partial charge in [-0.3, -0.25) is 15.0 Å². The number of carbonyl (C=O) groups is 3. The van der Waals surface area contributed by atoms with Crippen LogP contribution in [0.5, 0.6) is 5.75 Å². The summed E-state index contributed by atoms with van der Waals surface area (Å²) in [5.74, 6) is -1.60. The average molecular weight is 443 g/mol. The number of nitrogens with one attached hydrogen (secondary N) is 1. The van der Waals surface area contributed by atoms with Crippen molar-refractivity contribution in [3.63, 3.8) is 0 Å². The standard InChI is InChI=1S/C21H18N2O5S2/c1-12-6-8-15(9-7-12)18(24)22-23-19(25)17(30-21(23)29)11-14-4-3-5-16(10-14)28-13(2)20(26)27/h3-11,13H,1-2H3,(H,22,24)(H,26,27)/b17-11+. The zero-order valence-electron chi connectivity index (χ0n) is 16.1. The zero-order valence-corrected chi connectivity index (χ0v) is 17.8. The van der Waals surface area contributed by atoms with Gasteiger partial charge in [-0.25, -0.2) is 4.79 Å². The Morgan fingerprint density at radius 3 is 2.60 bits per heavy atom. The molecule has 0 aromatic heterocycles. The summed E-state index contributed by atoms with van der Waals surface area (Å²) in [7, 11) is 0. The van der Waals surface area contributed by atoms with Crippen LogP contribution in [0.4, 0.5) is 0 Å². The van der Waals surface area contributed by atoms with E-state index >= 15 is 0 Å². The molecule has 154 valence electrons. The van der Waals surface area contributed by atoms with Crippen molar-refractivity contribution in [1.29, 1.82) is 0 Å². The van der Waals surface area contributed by atoms with E-state index in [9.17, 15) is 14.4 Å². The molecular weight excluding hydrogens is 424 g/mol. The van der Waals surface area contributed by atoms with Crippen molar-refractivity contribution in [3.05, 3.63) is 70.1 Å². The Bertz CT molecular complexity index is 1050. The first kappa shape index (κ1) is 21.5. The van der Waals surface area contributed by atoms with Crippen LogP contribution < -0.4 is 10.2 Å². The van der Waals surface area contributed by atoms with Crippen LogP contribution in [0.15, 0.2) is 53.4 Å². The highest BCUT2D eigenvalue weighted by atomic mass is 32.2. The Kier molecular flexibility index (Phi) is 6.53. The highest BCUT2D eigenvalue weighted by Gasteiger charge is 2.33. The first-order valence-corrected chi connectivity index (χ1v) is 10.1. The Morgan fingerprint density at radius 2 is 1.93 bits per heavy atom. The van der Waals surface area contributed by atoms with Gasteiger partial charge in [0, 0.05) is 5.56 Å². The summed E-state index contributed by atoms with van der Waals surface area (Å²) in [6.45, 7) is 3.34. The average Bonchev–Trinajstić information content (AvgIpc) is 2.96. The molecule has 2 amide bonds. The normalized spacial score (nSPS) is 15.9. The molecular formula is C21H18N2O5S2. The molecule has 2 N–H and O–H groups in total. The molecule has 1 aliphatic heterocycles. The van der Waals surface area contributed by atoms with Gasteiger partial charge in [-0.05, 0) is 62.0 Å². The van der Waals surface area contributed by atoms with E-state index in [0.717, 1.165) is 22.3 Å². The van der Waals surface area contributed by atoms with Crippen molar-refractivity contribution in [2.24, 2.45) is 0 Å². The number of hydrogen-bond acceptors (Lipinski definition) is 6. The molecule has 1 heterocycles. The number of ether oxygens (including phenoxy) is 1. The van der Waals surface area contributed by atoms with Gasteiger partial charge in [0.15, 0.2) is 10.4 Å². The fraction of sp³-hybridized carbons (Fsp3) is 0.143. The van der Waals surface area contributed by atoms with E-state index in [1.165, 1.54) is 6.92 Å². The van der Waals surface area contributed by atoms with Gasteiger partial charge in [-0.15, -0.1) is 0 Å². The van der Waals surface area contributed by atoms with Crippen molar-refractivity contribution in [1.82, 2.24) is 10.4 Å². The summed E-state index contributed by atoms with van der Waals surface area (Å²) >= 11 is 6.29. The number of rotatable bonds is 6. The van der Waals surface area contributed by atoms with E-state index in [0.29, 0.717) is 21.8 Å². The first-order valence-electron chi connectivity index (χ1n) is 8.90. The SMILES string of the molecule is Cc1ccc(C(=O)NN2C(=O)/C(=C\c3cccc(OC(C)C(=O)O)c3)SC2=S)cc1. The summed E-state index contributed by atoms with van der Waals surface area (Å²) in [5, 5.41) is 10.0. The van der Waals surface area contributed by atoms with Gasteiger partial charge in [-0.2, -0.15) is 5.01 Å². The summed E-state index contributed by atoms with van der Waals surface area (Å²) in [5.41, 5.74) is 4.60. The van der Waals surface area contributed by atoms with E-state index in [1.54, 1.807) is 54.6 Å². The van der Waals surface area contributed by atoms with Gasteiger partial charge in [-0.1, -0.05) is 41.6 Å². The lowest BCUT2D eigenvalue weighted by molar-refractivity contribution is -0.144. The highest BCUT2D eigenvalue weighted by molar-refractivity contribution is 8.26. The van der Waals surface area contributed by atoms with E-state index in [4.69, 9.17) is 22.1 Å². The van der Waals surface area contributed by atoms with Crippen LogP contribution in [-0.2, 0) is 9.59 Å². The second-order valence-electron chi connectivity index (χ2n) is 6.49. The van der Waals surface area contributed by atoms with Crippen LogP contribution in [0.3, 0.4) is 0 Å². The number of benzene rings is 2. The van der Waals surface area contributed by atoms with E-state index in [2.05, 4.69) is 5.43 Å². The van der Waals surface area contributed by atoms with Gasteiger partial charge in [0.2, 0.25) is 0 Å². The minimum absolute atomic E-state index is 0.207. The molecule has 0 saturated carbocycles. The number of thiocarbonyl (C=S) groups is 1. The Hall–Kier alpha value is -3.17. The molecule has 2 aromatic rings. The fourth-order valence-electron chi connectivity index (χ4n) is 2.52. The number of nitrogens with zero attached hydrogens (tertiary/aromatic N) is 1. The van der Waals surface area contributed by atoms with Crippen LogP contribution >= 0.6 is 24.0 Å². The molecule has 1 aliphatic rings. The third-order valence-electron chi connectivity index (χ3n) is 4.14. The molecule has 1 fully saturated rings. The number of hydrazine groups is 1. The van der Waals surface area contributed by atoms with Crippen molar-refractivity contribution >= 4 is 52.2 Å². The lowest BCUT2D eigenvalue weighted by Gasteiger charge is -2.15. The first-order chi connectivity index (χ1) is 14.2. The number of hydrogen-bond donors (Lipinski definition) is 2. The van der Waals surface area contributed by atoms with Gasteiger partial charge in [0.25, 0.3) is 11.8 Å². The lowest BCUT2D eigenvalue weighted by atomic mass is 10.1. The number of aryl methyl sites for hydroxylation is 1.